The third-order valence-electron chi connectivity index (χ3n) is 17.0. The van der Waals surface area contributed by atoms with Gasteiger partial charge in [-0.15, -0.1) is 0 Å². The van der Waals surface area contributed by atoms with E-state index in [0.717, 1.165) is 33.0 Å². The minimum Gasteiger partial charge on any atom is -0.387 e. The fourth-order valence-corrected chi connectivity index (χ4v) is 23.7. The van der Waals surface area contributed by atoms with Crippen molar-refractivity contribution in [1.29, 1.82) is 0 Å². The number of aliphatic hydroxyl groups excluding tert-OH is 4. The highest BCUT2D eigenvalue weighted by Crippen LogP contribution is 2.71. The van der Waals surface area contributed by atoms with Crippen LogP contribution >= 0.6 is 93.9 Å². The summed E-state index contributed by atoms with van der Waals surface area (Å²) in [5.74, 6) is -1.76. The van der Waals surface area contributed by atoms with Crippen LogP contribution in [0.5, 0.6) is 0 Å². The number of aliphatic hydroxyl groups is 4. The first-order valence-electron chi connectivity index (χ1n) is 34.6. The zero-order valence-corrected chi connectivity index (χ0v) is 77.7. The van der Waals surface area contributed by atoms with Gasteiger partial charge in [-0.1, -0.05) is 40.2 Å². The number of phosphoric acid groups is 12. The molecular weight excluding hydrogens is 2160 g/mol. The fourth-order valence-electron chi connectivity index (χ4n) is 11.4. The number of imidazole rings is 1. The van der Waals surface area contributed by atoms with Crippen molar-refractivity contribution in [2.45, 2.75) is 103 Å². The Morgan fingerprint density at radius 3 is 1.12 bits per heavy atom. The number of nitrogens with one attached hydrogen (secondary N) is 3. The molecule has 0 aliphatic carbocycles. The van der Waals surface area contributed by atoms with Gasteiger partial charge in [-0.05, 0) is 34.3 Å². The smallest absolute Gasteiger partial charge is 0.387 e. The lowest BCUT2D eigenvalue weighted by Crippen LogP contribution is -2.48. The number of ether oxygens (including phenoxy) is 4. The molecule has 92 heteroatoms. The fraction of sp³-hybridized carbons (Fsp3) is 0.578. The highest BCUT2D eigenvalue weighted by molar-refractivity contribution is 7.68. The number of fused-ring (bicyclic) bond motifs is 1. The van der Waals surface area contributed by atoms with E-state index in [0.29, 0.717) is 16.9 Å². The maximum Gasteiger partial charge on any atom is 0.490 e. The molecule has 0 radical (unpaired) electrons. The van der Waals surface area contributed by atoms with Crippen LogP contribution in [0, 0.1) is 0 Å². The Morgan fingerprint density at radius 2 is 0.810 bits per heavy atom. The Hall–Kier alpha value is -6.94. The molecule has 9 unspecified atom stereocenters. The third-order valence-corrected chi connectivity index (χ3v) is 32.1. The normalized spacial score (nSPS) is 31.4. The highest BCUT2D eigenvalue weighted by atomic mass is 31.3. The predicted octanol–water partition coefficient (Wildman–Crippen LogP) is 0.768. The number of aliphatic imine (C=N–C) groups is 4. The standard InChI is InChI=1S/C12H20FN6O12P3.C11H17F2N6O12P3.C11H18FN8O12P3.C11H18FN6O13P3/c1-7-17-8(15-2)3-4-19(7)11-9(13)10(20)12(29-11,5-16-18-14)6-28-33(24,25)31-34(26,27)30-32(21,22)23;1-5-17-9(14)6(12)2-19(5)10-7(13)8(20)11(29-10,3-16-18-15)4-28-33(24,25)31-34(26,27)30-32(21,22)23;12-5-7(21)11(1-18-19-14,2-29-34(25,26)32-35(27,28)31-33(22,23)24)30-10(5)20-4-17-6-8(13)15-3-16-9(6)20;1-6-15-7(16-20)2-3-18(6)10-8(12)9(19)11(29-10,4-14-17-13)5-28-33(24,25)31-34(26,27)30-32(21,22)23/h3-4,9-11,20H,1,5-6H2,2H3,(H,15,17)(H,24,25)(H,26,27)(H2,21,22,23);2,7-8,10,20H,1,3-4H2,(H2,14,17)(H,24,25)(H,26,27)(H2,21,22,23);3-5,7-8,10,21H,1-2,13H2,(H,15,16)(H,25,26)(H,27,28)(H2,22,23,24);2-3,8-10,19-20H,1,4-5H2,(H,15,16)(H,24,25)(H,26,27)(H2,21,22,23)/t9-,10+,11-,12-;7-,8+,10-,11-;5-,7+,8?,10-,11-;8-,9+,10-,11-/m1111/s1. The van der Waals surface area contributed by atoms with Gasteiger partial charge in [0, 0.05) is 45.3 Å². The van der Waals surface area contributed by atoms with E-state index in [1.54, 1.807) is 5.48 Å². The summed E-state index contributed by atoms with van der Waals surface area (Å²) in [5, 5.41) is 68.6. The van der Waals surface area contributed by atoms with Crippen LogP contribution < -0.4 is 27.6 Å². The number of hydrogen-bond acceptors (Lipinski definition) is 49. The first kappa shape index (κ1) is 119. The maximum absolute atomic E-state index is 15.2. The van der Waals surface area contributed by atoms with Crippen molar-refractivity contribution >= 4 is 124 Å². The topological polar surface area (TPSA) is 1140 Å². The van der Waals surface area contributed by atoms with Gasteiger partial charge in [0.15, 0.2) is 67.1 Å². The minimum absolute atomic E-state index is 0.0652. The van der Waals surface area contributed by atoms with Crippen LogP contribution in [0.1, 0.15) is 18.1 Å². The van der Waals surface area contributed by atoms with Crippen molar-refractivity contribution in [3.63, 3.8) is 0 Å². The van der Waals surface area contributed by atoms with E-state index < -0.39 is 261 Å². The molecule has 0 spiro atoms. The molecule has 0 bridgehead atoms. The number of alkyl halides is 4. The molecule has 75 nitrogen and oxygen atoms in total. The van der Waals surface area contributed by atoms with E-state index in [2.05, 4.69) is 148 Å². The lowest BCUT2D eigenvalue weighted by atomic mass is 9.97. The molecule has 9 rings (SSSR count). The second-order valence-corrected chi connectivity index (χ2v) is 44.2. The van der Waals surface area contributed by atoms with Crippen LogP contribution in [0.25, 0.3) is 41.8 Å². The summed E-state index contributed by atoms with van der Waals surface area (Å²) in [5.41, 5.74) is 37.9. The molecule has 1 aromatic rings. The highest BCUT2D eigenvalue weighted by Gasteiger charge is 2.63. The molecular formula is C45H73F5N26O49P12. The maximum atomic E-state index is 15.2. The molecule has 772 valence electrons. The van der Waals surface area contributed by atoms with Gasteiger partial charge in [0.25, 0.3) is 0 Å². The average molecular weight is 2230 g/mol. The molecule has 0 aromatic carbocycles. The van der Waals surface area contributed by atoms with Gasteiger partial charge < -0.3 is 154 Å². The number of hydroxylamine groups is 1. The quantitative estimate of drug-likeness (QED) is 0.0108. The zero-order chi connectivity index (χ0) is 104. The summed E-state index contributed by atoms with van der Waals surface area (Å²) in [6.07, 6.45) is -17.9. The Balaban J connectivity index is 0.000000280. The van der Waals surface area contributed by atoms with Gasteiger partial charge in [-0.25, -0.2) is 91.7 Å². The van der Waals surface area contributed by atoms with Gasteiger partial charge in [0.1, 0.15) is 87.8 Å². The number of rotatable bonds is 40. The first-order chi connectivity index (χ1) is 62.6. The largest absolute Gasteiger partial charge is 0.490 e. The van der Waals surface area contributed by atoms with E-state index in [4.69, 9.17) is 96.9 Å². The summed E-state index contributed by atoms with van der Waals surface area (Å²) in [6.45, 7) is 1.81. The number of nitrogens with zero attached hydrogens (tertiary/aromatic N) is 21. The molecule has 4 saturated heterocycles. The monoisotopic (exact) mass is 2230 g/mol. The summed E-state index contributed by atoms with van der Waals surface area (Å²) < 4.78 is 280. The molecule has 25 atom stereocenters. The Kier molecular flexibility index (Phi) is 40.0. The van der Waals surface area contributed by atoms with E-state index in [-0.39, 0.29) is 34.8 Å². The molecule has 0 amide bonds. The number of halogens is 5. The minimum atomic E-state index is -5.88. The molecule has 28 N–H and O–H groups in total. The Labute approximate surface area is 755 Å². The molecule has 0 saturated carbocycles. The van der Waals surface area contributed by atoms with Crippen molar-refractivity contribution in [1.82, 2.24) is 35.0 Å². The zero-order valence-electron chi connectivity index (χ0n) is 67.0. The van der Waals surface area contributed by atoms with Crippen LogP contribution in [-0.2, 0) is 126 Å². The number of aromatic nitrogens is 2. The van der Waals surface area contributed by atoms with Crippen LogP contribution in [0.15, 0.2) is 121 Å². The van der Waals surface area contributed by atoms with Crippen molar-refractivity contribution in [3.05, 3.63) is 128 Å². The number of amidine groups is 3. The average Bonchev–Trinajstić information content (AvgIpc) is 1.61. The number of anilines is 1. The summed E-state index contributed by atoms with van der Waals surface area (Å²) >= 11 is 0. The molecule has 4 fully saturated rings. The predicted molar refractivity (Wildman–Crippen MR) is 427 cm³/mol. The van der Waals surface area contributed by atoms with Crippen LogP contribution in [-0.4, -0.2) is 302 Å². The van der Waals surface area contributed by atoms with Crippen LogP contribution in [0.3, 0.4) is 0 Å². The van der Waals surface area contributed by atoms with E-state index in [9.17, 15) is 128 Å². The molecule has 137 heavy (non-hydrogen) atoms. The lowest BCUT2D eigenvalue weighted by molar-refractivity contribution is -0.126. The van der Waals surface area contributed by atoms with Crippen molar-refractivity contribution < 1.29 is 252 Å². The first-order valence-corrected chi connectivity index (χ1v) is 52.7. The van der Waals surface area contributed by atoms with E-state index >= 15 is 8.78 Å². The number of azide groups is 4. The van der Waals surface area contributed by atoms with Gasteiger partial charge in [0.05, 0.1) is 65.3 Å². The lowest BCUT2D eigenvalue weighted by Gasteiger charge is -2.34. The van der Waals surface area contributed by atoms with Gasteiger partial charge in [0.2, 0.25) is 0 Å². The van der Waals surface area contributed by atoms with Gasteiger partial charge in [-0.3, -0.25) is 43.3 Å². The van der Waals surface area contributed by atoms with Crippen molar-refractivity contribution in [2.75, 3.05) is 65.0 Å². The summed E-state index contributed by atoms with van der Waals surface area (Å²) in [7, 11) is -67.2. The van der Waals surface area contributed by atoms with Gasteiger partial charge >= 0.3 is 93.9 Å². The van der Waals surface area contributed by atoms with Gasteiger partial charge in [-0.2, -0.15) is 34.5 Å². The third kappa shape index (κ3) is 33.3. The van der Waals surface area contributed by atoms with Crippen LogP contribution in [0.4, 0.5) is 27.8 Å². The second-order valence-electron chi connectivity index (χ2n) is 26.6. The Bertz CT molecular complexity index is 5740. The van der Waals surface area contributed by atoms with Crippen molar-refractivity contribution in [2.24, 2.45) is 51.9 Å². The van der Waals surface area contributed by atoms with E-state index in [1.165, 1.54) is 25.7 Å². The Morgan fingerprint density at radius 1 is 0.496 bits per heavy atom. The number of nitrogens with two attached hydrogens (primary N) is 2. The van der Waals surface area contributed by atoms with Crippen molar-refractivity contribution in [3.8, 4) is 0 Å². The molecule has 8 aliphatic heterocycles. The second kappa shape index (κ2) is 46.2. The summed E-state index contributed by atoms with van der Waals surface area (Å²) in [6, 6.07) is 0. The van der Waals surface area contributed by atoms with E-state index in [1.807, 2.05) is 0 Å². The molecule has 9 heterocycles. The summed E-state index contributed by atoms with van der Waals surface area (Å²) in [4.78, 5) is 175. The molecule has 1 aromatic heterocycles. The number of phosphoric ester groups is 4. The SMILES string of the molecule is C=C1N=C(N)C(F)=CN1[C@@H]1O[C@](CN=[N+]=[N-])(COP(=O)(O)OP(=O)(O)OP(=O)(O)O)[C@@H](O)[C@H]1F.C=C1N=C(NO)C=CN1[C@@H]1O[C@](CN=[N+]=[N-])(COP(=O)(O)OP(=O)(O)OP(=O)(O)O)[C@@H](O)[C@H]1F.C=C1NC(=NC)C=CN1[C@@H]1O[C@](CN=[N+]=[N-])(COP(=O)(O)OP(=O)(O)OP(=O)(O)O)[C@@H](O)[C@H]1F.[N-]=[N+]=NC[C@]1(COP(=O)(O)OP(=O)(O)OP(=O)(O)O)O[C@@H](n2cnc3c2NC=NC3N)[C@H](F)[C@@H]1O. The van der Waals surface area contributed by atoms with Crippen LogP contribution in [0.2, 0.25) is 0 Å². The molecule has 8 aliphatic rings. The number of hydrogen-bond donors (Lipinski definition) is 26.